The maximum Gasteiger partial charge on any atom is 0.330 e. The van der Waals surface area contributed by atoms with Gasteiger partial charge in [0.15, 0.2) is 11.2 Å². The van der Waals surface area contributed by atoms with Gasteiger partial charge in [0, 0.05) is 32.8 Å². The predicted molar refractivity (Wildman–Crippen MR) is 77.6 cm³/mol. The van der Waals surface area contributed by atoms with E-state index in [0.717, 1.165) is 19.5 Å². The van der Waals surface area contributed by atoms with Gasteiger partial charge in [0.25, 0.3) is 5.56 Å². The molecule has 8 nitrogen and oxygen atoms in total. The van der Waals surface area contributed by atoms with Crippen LogP contribution < -0.4 is 16.6 Å². The third-order valence-corrected chi connectivity index (χ3v) is 3.87. The lowest BCUT2D eigenvalue weighted by Gasteiger charge is -2.11. The first-order valence-corrected chi connectivity index (χ1v) is 7.11. The van der Waals surface area contributed by atoms with Crippen LogP contribution in [0.1, 0.15) is 18.9 Å². The molecule has 1 saturated heterocycles. The Hall–Kier alpha value is -1.93. The molecule has 2 aromatic rings. The minimum Gasteiger partial charge on any atom is -0.385 e. The molecule has 114 valence electrons. The largest absolute Gasteiger partial charge is 0.385 e. The van der Waals surface area contributed by atoms with Crippen LogP contribution in [-0.4, -0.2) is 45.9 Å². The molecule has 0 radical (unpaired) electrons. The monoisotopic (exact) mass is 293 g/mol. The van der Waals surface area contributed by atoms with E-state index in [1.165, 1.54) is 4.57 Å². The molecule has 1 aliphatic heterocycles. The van der Waals surface area contributed by atoms with Crippen LogP contribution in [0.2, 0.25) is 0 Å². The topological polar surface area (TPSA) is 93.9 Å². The summed E-state index contributed by atoms with van der Waals surface area (Å²) in [7, 11) is 1.62. The van der Waals surface area contributed by atoms with E-state index < -0.39 is 5.69 Å². The molecular formula is C13H19N5O3. The highest BCUT2D eigenvalue weighted by Crippen LogP contribution is 2.19. The molecule has 2 N–H and O–H groups in total. The summed E-state index contributed by atoms with van der Waals surface area (Å²) >= 11 is 0. The van der Waals surface area contributed by atoms with Gasteiger partial charge in [-0.15, -0.1) is 0 Å². The molecule has 0 aromatic carbocycles. The highest BCUT2D eigenvalue weighted by molar-refractivity contribution is 5.70. The zero-order valence-electron chi connectivity index (χ0n) is 12.0. The molecular weight excluding hydrogens is 274 g/mol. The molecule has 0 spiro atoms. The van der Waals surface area contributed by atoms with Crippen LogP contribution in [0.25, 0.3) is 11.2 Å². The Balaban J connectivity index is 2.07. The molecule has 1 atom stereocenters. The molecule has 2 aromatic heterocycles. The van der Waals surface area contributed by atoms with E-state index in [0.29, 0.717) is 30.7 Å². The number of nitrogens with one attached hydrogen (secondary N) is 2. The summed E-state index contributed by atoms with van der Waals surface area (Å²) in [5, 5.41) is 3.27. The number of fused-ring (bicyclic) bond motifs is 1. The number of nitrogens with zero attached hydrogens (tertiary/aromatic N) is 3. The van der Waals surface area contributed by atoms with E-state index in [-0.39, 0.29) is 11.6 Å². The van der Waals surface area contributed by atoms with E-state index in [2.05, 4.69) is 15.3 Å². The number of imidazole rings is 1. The lowest BCUT2D eigenvalue weighted by molar-refractivity contribution is 0.190. The summed E-state index contributed by atoms with van der Waals surface area (Å²) in [6, 6.07) is 0.209. The first kappa shape index (κ1) is 14.0. The van der Waals surface area contributed by atoms with Crippen molar-refractivity contribution in [3.8, 4) is 0 Å². The maximum atomic E-state index is 12.1. The third kappa shape index (κ3) is 2.52. The highest BCUT2D eigenvalue weighted by atomic mass is 16.5. The Bertz CT molecular complexity index is 738. The van der Waals surface area contributed by atoms with Crippen LogP contribution in [0.3, 0.4) is 0 Å². The number of hydrogen-bond acceptors (Lipinski definition) is 5. The molecule has 1 unspecified atom stereocenters. The Labute approximate surface area is 120 Å². The van der Waals surface area contributed by atoms with Gasteiger partial charge in [-0.1, -0.05) is 0 Å². The number of hydrogen-bond donors (Lipinski definition) is 2. The minimum absolute atomic E-state index is 0.209. The summed E-state index contributed by atoms with van der Waals surface area (Å²) in [6.07, 6.45) is 3.30. The quantitative estimate of drug-likeness (QED) is 0.722. The van der Waals surface area contributed by atoms with E-state index in [1.807, 2.05) is 4.57 Å². The van der Waals surface area contributed by atoms with E-state index in [1.54, 1.807) is 13.4 Å². The van der Waals surface area contributed by atoms with Crippen molar-refractivity contribution in [3.63, 3.8) is 0 Å². The van der Waals surface area contributed by atoms with E-state index >= 15 is 0 Å². The summed E-state index contributed by atoms with van der Waals surface area (Å²) in [5.74, 6) is 0. The van der Waals surface area contributed by atoms with Gasteiger partial charge in [-0.2, -0.15) is 0 Å². The van der Waals surface area contributed by atoms with Crippen LogP contribution in [0.4, 0.5) is 0 Å². The van der Waals surface area contributed by atoms with Gasteiger partial charge in [-0.05, 0) is 19.4 Å². The smallest absolute Gasteiger partial charge is 0.330 e. The molecule has 21 heavy (non-hydrogen) atoms. The van der Waals surface area contributed by atoms with Crippen molar-refractivity contribution in [2.75, 3.05) is 26.8 Å². The molecule has 0 saturated carbocycles. The van der Waals surface area contributed by atoms with Gasteiger partial charge in [-0.3, -0.25) is 14.3 Å². The zero-order valence-corrected chi connectivity index (χ0v) is 12.0. The van der Waals surface area contributed by atoms with Crippen molar-refractivity contribution in [2.24, 2.45) is 0 Å². The van der Waals surface area contributed by atoms with Crippen molar-refractivity contribution in [1.29, 1.82) is 0 Å². The van der Waals surface area contributed by atoms with Gasteiger partial charge in [0.1, 0.15) is 0 Å². The fourth-order valence-electron chi connectivity index (χ4n) is 2.82. The lowest BCUT2D eigenvalue weighted by Crippen LogP contribution is -2.32. The van der Waals surface area contributed by atoms with E-state index in [4.69, 9.17) is 4.74 Å². The number of ether oxygens (including phenoxy) is 1. The van der Waals surface area contributed by atoms with Crippen LogP contribution >= 0.6 is 0 Å². The second-order valence-electron chi connectivity index (χ2n) is 5.23. The van der Waals surface area contributed by atoms with Crippen LogP contribution in [0.5, 0.6) is 0 Å². The minimum atomic E-state index is -0.418. The Kier molecular flexibility index (Phi) is 3.89. The summed E-state index contributed by atoms with van der Waals surface area (Å²) in [5.41, 5.74) is 0.133. The summed E-state index contributed by atoms with van der Waals surface area (Å²) in [4.78, 5) is 30.8. The van der Waals surface area contributed by atoms with Crippen molar-refractivity contribution in [1.82, 2.24) is 24.4 Å². The van der Waals surface area contributed by atoms with Crippen molar-refractivity contribution >= 4 is 11.2 Å². The molecule has 1 fully saturated rings. The normalized spacial score (nSPS) is 18.6. The molecule has 0 amide bonds. The second-order valence-corrected chi connectivity index (χ2v) is 5.23. The average Bonchev–Trinajstić information content (AvgIpc) is 3.10. The second kappa shape index (κ2) is 5.82. The highest BCUT2D eigenvalue weighted by Gasteiger charge is 2.21. The predicted octanol–water partition coefficient (Wildman–Crippen LogP) is -0.543. The Morgan fingerprint density at radius 3 is 3.05 bits per heavy atom. The van der Waals surface area contributed by atoms with Gasteiger partial charge in [0.05, 0.1) is 6.33 Å². The number of H-pyrrole nitrogens is 1. The van der Waals surface area contributed by atoms with Crippen LogP contribution in [0.15, 0.2) is 15.9 Å². The average molecular weight is 293 g/mol. The standard InChI is InChI=1S/C13H19N5O3/c1-21-6-2-5-17-11-10(12(19)16-13(17)20)18(8-15-11)9-3-4-14-7-9/h8-9,14H,2-7H2,1H3,(H,16,19,20). The third-order valence-electron chi connectivity index (χ3n) is 3.87. The SMILES string of the molecule is COCCCn1c(=O)[nH]c(=O)c2c1ncn2C1CCNC1. The number of methoxy groups -OCH3 is 1. The number of aryl methyl sites for hydroxylation is 1. The van der Waals surface area contributed by atoms with Gasteiger partial charge < -0.3 is 14.6 Å². The molecule has 1 aliphatic rings. The molecule has 3 rings (SSSR count). The lowest BCUT2D eigenvalue weighted by atomic mass is 10.2. The van der Waals surface area contributed by atoms with Crippen molar-refractivity contribution in [2.45, 2.75) is 25.4 Å². The maximum absolute atomic E-state index is 12.1. The van der Waals surface area contributed by atoms with Crippen LogP contribution in [0, 0.1) is 0 Å². The fourth-order valence-corrected chi connectivity index (χ4v) is 2.82. The van der Waals surface area contributed by atoms with Crippen molar-refractivity contribution in [3.05, 3.63) is 27.2 Å². The zero-order chi connectivity index (χ0) is 14.8. The fraction of sp³-hybridized carbons (Fsp3) is 0.615. The first-order chi connectivity index (χ1) is 10.2. The first-order valence-electron chi connectivity index (χ1n) is 7.11. The molecule has 0 aliphatic carbocycles. The number of aromatic nitrogens is 4. The molecule has 3 heterocycles. The molecule has 8 heteroatoms. The van der Waals surface area contributed by atoms with Gasteiger partial charge >= 0.3 is 5.69 Å². The van der Waals surface area contributed by atoms with Crippen molar-refractivity contribution < 1.29 is 4.74 Å². The Morgan fingerprint density at radius 1 is 1.48 bits per heavy atom. The summed E-state index contributed by atoms with van der Waals surface area (Å²) < 4.78 is 8.39. The Morgan fingerprint density at radius 2 is 2.33 bits per heavy atom. The molecule has 0 bridgehead atoms. The number of aromatic amines is 1. The van der Waals surface area contributed by atoms with Crippen LogP contribution in [-0.2, 0) is 11.3 Å². The summed E-state index contributed by atoms with van der Waals surface area (Å²) in [6.45, 7) is 2.77. The number of rotatable bonds is 5. The van der Waals surface area contributed by atoms with Gasteiger partial charge in [0.2, 0.25) is 0 Å². The van der Waals surface area contributed by atoms with Gasteiger partial charge in [-0.25, -0.2) is 9.78 Å². The van der Waals surface area contributed by atoms with E-state index in [9.17, 15) is 9.59 Å².